The van der Waals surface area contributed by atoms with Crippen LogP contribution in [0.3, 0.4) is 0 Å². The van der Waals surface area contributed by atoms with Crippen LogP contribution in [-0.4, -0.2) is 23.1 Å². The summed E-state index contributed by atoms with van der Waals surface area (Å²) in [5.41, 5.74) is 0.494. The summed E-state index contributed by atoms with van der Waals surface area (Å²) in [5, 5.41) is 10.0. The Hall–Kier alpha value is -2.95. The first-order valence-electron chi connectivity index (χ1n) is 8.87. The van der Waals surface area contributed by atoms with Crippen LogP contribution in [0.2, 0.25) is 0 Å². The molecular formula is C23H23NO3. The molecule has 3 aromatic carbocycles. The van der Waals surface area contributed by atoms with E-state index >= 15 is 0 Å². The third kappa shape index (κ3) is 3.50. The second kappa shape index (κ2) is 8.16. The topological polar surface area (TPSA) is 49.8 Å². The van der Waals surface area contributed by atoms with Crippen LogP contribution in [-0.2, 0) is 15.3 Å². The number of likely N-dealkylation sites (N-methyl/N-ethyl adjacent to an activating group) is 1. The van der Waals surface area contributed by atoms with Gasteiger partial charge in [-0.2, -0.15) is 0 Å². The summed E-state index contributed by atoms with van der Waals surface area (Å²) in [6, 6.07) is 27.7. The van der Waals surface area contributed by atoms with Crippen LogP contribution in [0, 0.1) is 0 Å². The van der Waals surface area contributed by atoms with Crippen molar-refractivity contribution in [1.82, 2.24) is 4.90 Å². The lowest BCUT2D eigenvalue weighted by atomic mass is 9.84. The third-order valence-corrected chi connectivity index (χ3v) is 4.98. The Labute approximate surface area is 159 Å². The van der Waals surface area contributed by atoms with Gasteiger partial charge in [-0.3, -0.25) is 10.1 Å². The van der Waals surface area contributed by atoms with Gasteiger partial charge in [0.25, 0.3) is 5.91 Å². The van der Waals surface area contributed by atoms with E-state index in [-0.39, 0.29) is 11.9 Å². The number of benzene rings is 3. The molecule has 27 heavy (non-hydrogen) atoms. The summed E-state index contributed by atoms with van der Waals surface area (Å²) in [5.74, 6) is -0.348. The minimum Gasteiger partial charge on any atom is -0.336 e. The van der Waals surface area contributed by atoms with Crippen molar-refractivity contribution >= 4 is 5.91 Å². The van der Waals surface area contributed by atoms with Crippen molar-refractivity contribution in [3.63, 3.8) is 0 Å². The molecule has 0 aliphatic rings. The van der Waals surface area contributed by atoms with E-state index in [1.807, 2.05) is 73.7 Å². The van der Waals surface area contributed by atoms with Crippen LogP contribution in [0.15, 0.2) is 91.0 Å². The maximum atomic E-state index is 13.7. The standard InChI is InChI=1S/C23H23NO3/c1-18(19-12-6-3-7-13-19)24(2)22(25)23(27-26,20-14-8-4-9-15-20)21-16-10-5-11-17-21/h3-18,26H,1-2H3. The molecule has 1 amide bonds. The first-order valence-corrected chi connectivity index (χ1v) is 8.87. The zero-order valence-corrected chi connectivity index (χ0v) is 15.4. The summed E-state index contributed by atoms with van der Waals surface area (Å²) in [6.07, 6.45) is 0. The summed E-state index contributed by atoms with van der Waals surface area (Å²) in [6.45, 7) is 1.95. The molecule has 138 valence electrons. The maximum absolute atomic E-state index is 13.7. The molecule has 0 saturated carbocycles. The molecule has 0 aliphatic carbocycles. The van der Waals surface area contributed by atoms with Crippen molar-refractivity contribution < 1.29 is 14.9 Å². The Bertz CT molecular complexity index is 826. The van der Waals surface area contributed by atoms with Gasteiger partial charge in [-0.1, -0.05) is 91.0 Å². The average molecular weight is 361 g/mol. The molecule has 1 atom stereocenters. The molecule has 3 rings (SSSR count). The molecule has 0 aliphatic heterocycles. The van der Waals surface area contributed by atoms with Crippen LogP contribution in [0.5, 0.6) is 0 Å². The largest absolute Gasteiger partial charge is 0.336 e. The van der Waals surface area contributed by atoms with Crippen LogP contribution in [0.4, 0.5) is 0 Å². The third-order valence-electron chi connectivity index (χ3n) is 4.98. The van der Waals surface area contributed by atoms with Gasteiger partial charge in [0.2, 0.25) is 5.60 Å². The van der Waals surface area contributed by atoms with Crippen molar-refractivity contribution in [1.29, 1.82) is 0 Å². The van der Waals surface area contributed by atoms with Crippen LogP contribution < -0.4 is 0 Å². The number of rotatable bonds is 6. The number of carbonyl (C=O) groups is 1. The van der Waals surface area contributed by atoms with Crippen molar-refractivity contribution in [2.24, 2.45) is 0 Å². The fourth-order valence-corrected chi connectivity index (χ4v) is 3.28. The molecule has 0 spiro atoms. The Morgan fingerprint density at radius 1 is 0.852 bits per heavy atom. The highest BCUT2D eigenvalue weighted by molar-refractivity contribution is 5.90. The zero-order chi connectivity index (χ0) is 19.3. The van der Waals surface area contributed by atoms with E-state index in [9.17, 15) is 10.1 Å². The lowest BCUT2D eigenvalue weighted by Crippen LogP contribution is -2.48. The van der Waals surface area contributed by atoms with E-state index in [1.165, 1.54) is 0 Å². The smallest absolute Gasteiger partial charge is 0.267 e. The zero-order valence-electron chi connectivity index (χ0n) is 15.4. The Morgan fingerprint density at radius 3 is 1.67 bits per heavy atom. The van der Waals surface area contributed by atoms with Gasteiger partial charge in [0.1, 0.15) is 0 Å². The van der Waals surface area contributed by atoms with Gasteiger partial charge in [0.05, 0.1) is 6.04 Å². The number of hydrogen-bond acceptors (Lipinski definition) is 3. The molecular weight excluding hydrogens is 338 g/mol. The van der Waals surface area contributed by atoms with E-state index in [1.54, 1.807) is 36.2 Å². The molecule has 1 unspecified atom stereocenters. The van der Waals surface area contributed by atoms with Gasteiger partial charge >= 0.3 is 0 Å². The second-order valence-electron chi connectivity index (χ2n) is 6.51. The van der Waals surface area contributed by atoms with Gasteiger partial charge < -0.3 is 4.90 Å². The summed E-state index contributed by atoms with van der Waals surface area (Å²) in [7, 11) is 1.72. The van der Waals surface area contributed by atoms with Crippen LogP contribution in [0.25, 0.3) is 0 Å². The van der Waals surface area contributed by atoms with Crippen molar-refractivity contribution in [3.05, 3.63) is 108 Å². The highest BCUT2D eigenvalue weighted by Crippen LogP contribution is 2.36. The molecule has 0 saturated heterocycles. The number of nitrogens with zero attached hydrogens (tertiary/aromatic N) is 1. The molecule has 0 radical (unpaired) electrons. The van der Waals surface area contributed by atoms with E-state index in [2.05, 4.69) is 0 Å². The minimum absolute atomic E-state index is 0.194. The molecule has 0 bridgehead atoms. The highest BCUT2D eigenvalue weighted by atomic mass is 17.1. The molecule has 3 aromatic rings. The SMILES string of the molecule is CC(c1ccccc1)N(C)C(=O)C(OO)(c1ccccc1)c1ccccc1. The Balaban J connectivity index is 2.09. The quantitative estimate of drug-likeness (QED) is 0.514. The Kier molecular flexibility index (Phi) is 5.69. The second-order valence-corrected chi connectivity index (χ2v) is 6.51. The van der Waals surface area contributed by atoms with Crippen LogP contribution >= 0.6 is 0 Å². The van der Waals surface area contributed by atoms with Crippen molar-refractivity contribution in [2.45, 2.75) is 18.6 Å². The molecule has 0 aromatic heterocycles. The monoisotopic (exact) mass is 361 g/mol. The molecule has 4 heteroatoms. The van der Waals surface area contributed by atoms with Gasteiger partial charge in [-0.25, -0.2) is 4.89 Å². The molecule has 0 heterocycles. The summed E-state index contributed by atoms with van der Waals surface area (Å²) in [4.78, 5) is 20.2. The minimum atomic E-state index is -1.64. The molecule has 4 nitrogen and oxygen atoms in total. The van der Waals surface area contributed by atoms with E-state index in [0.29, 0.717) is 11.1 Å². The van der Waals surface area contributed by atoms with E-state index in [0.717, 1.165) is 5.56 Å². The maximum Gasteiger partial charge on any atom is 0.267 e. The number of carbonyl (C=O) groups excluding carboxylic acids is 1. The first-order chi connectivity index (χ1) is 13.1. The Morgan fingerprint density at radius 2 is 1.26 bits per heavy atom. The predicted octanol–water partition coefficient (Wildman–Crippen LogP) is 4.64. The van der Waals surface area contributed by atoms with Crippen molar-refractivity contribution in [3.8, 4) is 0 Å². The highest BCUT2D eigenvalue weighted by Gasteiger charge is 2.47. The molecule has 1 N–H and O–H groups in total. The lowest BCUT2D eigenvalue weighted by Gasteiger charge is -2.36. The van der Waals surface area contributed by atoms with Gasteiger partial charge in [-0.15, -0.1) is 0 Å². The predicted molar refractivity (Wildman–Crippen MR) is 105 cm³/mol. The van der Waals surface area contributed by atoms with E-state index < -0.39 is 5.60 Å². The van der Waals surface area contributed by atoms with Crippen molar-refractivity contribution in [2.75, 3.05) is 7.05 Å². The lowest BCUT2D eigenvalue weighted by molar-refractivity contribution is -0.307. The fraction of sp³-hybridized carbons (Fsp3) is 0.174. The van der Waals surface area contributed by atoms with Gasteiger partial charge in [-0.05, 0) is 12.5 Å². The summed E-state index contributed by atoms with van der Waals surface area (Å²) < 4.78 is 0. The first kappa shape index (κ1) is 18.8. The average Bonchev–Trinajstić information content (AvgIpc) is 2.75. The van der Waals surface area contributed by atoms with Gasteiger partial charge in [0.15, 0.2) is 0 Å². The van der Waals surface area contributed by atoms with Gasteiger partial charge in [0, 0.05) is 18.2 Å². The molecule has 0 fully saturated rings. The number of amides is 1. The summed E-state index contributed by atoms with van der Waals surface area (Å²) >= 11 is 0. The normalized spacial score (nSPS) is 12.4. The number of hydrogen-bond donors (Lipinski definition) is 1. The fourth-order valence-electron chi connectivity index (χ4n) is 3.28. The van der Waals surface area contributed by atoms with Crippen LogP contribution in [0.1, 0.15) is 29.7 Å². The van der Waals surface area contributed by atoms with E-state index in [4.69, 9.17) is 4.89 Å².